The summed E-state index contributed by atoms with van der Waals surface area (Å²) < 4.78 is 27.5. The van der Waals surface area contributed by atoms with Crippen LogP contribution in [0.15, 0.2) is 267 Å². The molecule has 0 atom stereocenters. The number of hydrogen-bond acceptors (Lipinski definition) is 10. The van der Waals surface area contributed by atoms with Crippen LogP contribution in [0, 0.1) is 29.6 Å². The van der Waals surface area contributed by atoms with Crippen molar-refractivity contribution in [2.75, 3.05) is 0 Å². The Balaban J connectivity index is 0.000000248. The third kappa shape index (κ3) is 35.1. The number of halogens is 5. The number of carbonyl (C=O) groups excluding carboxylic acids is 5. The summed E-state index contributed by atoms with van der Waals surface area (Å²) in [5, 5.41) is 0. The predicted molar refractivity (Wildman–Crippen MR) is 528 cm³/mol. The molecule has 10 aromatic rings. The Labute approximate surface area is 796 Å². The molecule has 20 heteroatoms. The van der Waals surface area contributed by atoms with Gasteiger partial charge >= 0.3 is 29.8 Å². The van der Waals surface area contributed by atoms with Crippen molar-refractivity contribution in [2.45, 2.75) is 281 Å². The molecule has 0 aromatic heterocycles. The van der Waals surface area contributed by atoms with Crippen molar-refractivity contribution in [3.05, 3.63) is 298 Å². The molecule has 0 N–H and O–H groups in total. The lowest BCUT2D eigenvalue weighted by Gasteiger charge is -2.27. The smallest absolute Gasteiger partial charge is 0.314 e. The zero-order chi connectivity index (χ0) is 88.2. The molecule has 10 nitrogen and oxygen atoms in total. The molecule has 5 radical (unpaired) electrons. The molecule has 15 rings (SSSR count). The second-order valence-electron chi connectivity index (χ2n) is 34.7. The topological polar surface area (TPSA) is 132 Å². The van der Waals surface area contributed by atoms with Gasteiger partial charge in [0.1, 0.15) is 28.7 Å². The Hall–Kier alpha value is -9.70. The molecular formula is C110H130F5O10S5. The van der Waals surface area contributed by atoms with Crippen LogP contribution in [0.1, 0.15) is 280 Å². The molecule has 0 bridgehead atoms. The maximum Gasteiger partial charge on any atom is 0.314 e. The highest BCUT2D eigenvalue weighted by molar-refractivity contribution is 7.81. The monoisotopic (exact) mass is 1870 g/mol. The number of benzene rings is 10. The van der Waals surface area contributed by atoms with E-state index in [9.17, 15) is 24.0 Å². The number of aryl methyl sites for hydroxylation is 5. The molecule has 0 aliphatic heterocycles. The Morgan fingerprint density at radius 3 is 0.438 bits per heavy atom. The van der Waals surface area contributed by atoms with E-state index in [1.807, 2.05) is 0 Å². The predicted octanol–water partition coefficient (Wildman–Crippen LogP) is 31.1. The SMILES string of the molecule is CCCc1ccc(C2CCC(C(=O)Oc3ccc([S])cc3)CC2)cc1.CCCc1ccc(C2CCC(C(=O)Oc3ccc([S])cc3)CC2)cc1.CCCc1ccc(C2CCC(C(=O)Oc3ccc([S])cc3)CC2)cc1.CCCc1ccc(C2CCC(C(=O)Oc3ccc([S])cc3)CC2)cc1.CCCc1ccc(C2CCC(C(=O)Oc3ccc([S])cc3)CC2)cc1.F.F.F.F.F. The molecule has 5 fully saturated rings. The van der Waals surface area contributed by atoms with Crippen LogP contribution in [-0.4, -0.2) is 29.8 Å². The molecule has 695 valence electrons. The lowest BCUT2D eigenvalue weighted by Crippen LogP contribution is -2.25. The molecule has 5 aliphatic carbocycles. The fourth-order valence-electron chi connectivity index (χ4n) is 18.1. The van der Waals surface area contributed by atoms with E-state index in [2.05, 4.69) is 156 Å². The summed E-state index contributed by atoms with van der Waals surface area (Å²) in [6.07, 6.45) is 31.2. The van der Waals surface area contributed by atoms with Crippen molar-refractivity contribution in [2.24, 2.45) is 29.6 Å². The molecule has 0 amide bonds. The Morgan fingerprint density at radius 2 is 0.323 bits per heavy atom. The van der Waals surface area contributed by atoms with Crippen molar-refractivity contribution in [3.63, 3.8) is 0 Å². The summed E-state index contributed by atoms with van der Waals surface area (Å²) in [5.41, 5.74) is 14.1. The van der Waals surface area contributed by atoms with Gasteiger partial charge in [0.15, 0.2) is 0 Å². The van der Waals surface area contributed by atoms with E-state index in [1.165, 1.54) is 87.7 Å². The molecule has 5 saturated carbocycles. The van der Waals surface area contributed by atoms with Crippen LogP contribution < -0.4 is 23.7 Å². The lowest BCUT2D eigenvalue weighted by atomic mass is 9.78. The van der Waals surface area contributed by atoms with Crippen molar-refractivity contribution < 1.29 is 71.2 Å². The van der Waals surface area contributed by atoms with Crippen LogP contribution in [0.2, 0.25) is 0 Å². The summed E-state index contributed by atoms with van der Waals surface area (Å²) in [5.74, 6) is 5.34. The fraction of sp³-hybridized carbons (Fsp3) is 0.409. The van der Waals surface area contributed by atoms with Gasteiger partial charge < -0.3 is 23.7 Å². The van der Waals surface area contributed by atoms with E-state index in [1.54, 1.807) is 121 Å². The number of hydrogen-bond donors (Lipinski definition) is 0. The van der Waals surface area contributed by atoms with Gasteiger partial charge in [-0.3, -0.25) is 47.5 Å². The number of esters is 5. The van der Waals surface area contributed by atoms with Gasteiger partial charge in [0.25, 0.3) is 0 Å². The summed E-state index contributed by atoms with van der Waals surface area (Å²) in [6.45, 7) is 11.0. The first kappa shape index (κ1) is 109. The highest BCUT2D eigenvalue weighted by Crippen LogP contribution is 2.43. The lowest BCUT2D eigenvalue weighted by molar-refractivity contribution is -0.141. The fourth-order valence-corrected chi connectivity index (χ4v) is 18.8. The van der Waals surface area contributed by atoms with Gasteiger partial charge in [0, 0.05) is 24.5 Å². The average molecular weight is 1870 g/mol. The second kappa shape index (κ2) is 57.6. The summed E-state index contributed by atoms with van der Waals surface area (Å²) in [6, 6.07) is 80.8. The zero-order valence-corrected chi connectivity index (χ0v) is 79.8. The van der Waals surface area contributed by atoms with Gasteiger partial charge in [-0.2, -0.15) is 0 Å². The first-order chi connectivity index (χ1) is 60.8. The minimum atomic E-state index is -0.103. The molecule has 130 heavy (non-hydrogen) atoms. The molecule has 0 heterocycles. The Morgan fingerprint density at radius 1 is 0.200 bits per heavy atom. The maximum absolute atomic E-state index is 12.4. The van der Waals surface area contributed by atoms with E-state index in [-0.39, 0.29) is 83.0 Å². The number of rotatable bonds is 25. The largest absolute Gasteiger partial charge is 0.426 e. The van der Waals surface area contributed by atoms with Crippen molar-refractivity contribution in [1.82, 2.24) is 0 Å². The normalized spacial score (nSPS) is 19.4. The van der Waals surface area contributed by atoms with Crippen LogP contribution in [-0.2, 0) is 56.1 Å². The standard InChI is InChI=1S/5C22H25O2S.5FH/c5*1-2-3-16-4-6-17(7-5-16)18-8-10-19(11-9-18)22(23)24-20-12-14-21(25)15-13-20;;;;;/h5*4-7,12-15,18-19H,2-3,8-11H2,1H3;5*1H. The van der Waals surface area contributed by atoms with Gasteiger partial charge in [-0.15, -0.1) is 0 Å². The second-order valence-corrected chi connectivity index (χ2v) is 37.0. The van der Waals surface area contributed by atoms with Crippen molar-refractivity contribution >= 4 is 93.0 Å². The van der Waals surface area contributed by atoms with Gasteiger partial charge in [-0.05, 0) is 367 Å². The highest BCUT2D eigenvalue weighted by atomic mass is 32.1. The van der Waals surface area contributed by atoms with Crippen molar-refractivity contribution in [1.29, 1.82) is 0 Å². The summed E-state index contributed by atoms with van der Waals surface area (Å²) in [7, 11) is 0. The highest BCUT2D eigenvalue weighted by Gasteiger charge is 2.34. The van der Waals surface area contributed by atoms with Gasteiger partial charge in [0.2, 0.25) is 0 Å². The van der Waals surface area contributed by atoms with Crippen LogP contribution in [0.3, 0.4) is 0 Å². The van der Waals surface area contributed by atoms with Crippen LogP contribution in [0.5, 0.6) is 28.7 Å². The molecule has 5 aliphatic rings. The molecule has 0 saturated heterocycles. The van der Waals surface area contributed by atoms with Gasteiger partial charge in [-0.1, -0.05) is 251 Å². The van der Waals surface area contributed by atoms with Crippen molar-refractivity contribution in [3.8, 4) is 28.7 Å². The third-order valence-electron chi connectivity index (χ3n) is 25.5. The third-order valence-corrected chi connectivity index (χ3v) is 26.8. The van der Waals surface area contributed by atoms with Crippen LogP contribution in [0.4, 0.5) is 23.5 Å². The molecule has 10 aromatic carbocycles. The molecular weight excluding hydrogens is 1740 g/mol. The van der Waals surface area contributed by atoms with Gasteiger partial charge in [0.05, 0.1) is 29.6 Å². The van der Waals surface area contributed by atoms with E-state index < -0.39 is 0 Å². The van der Waals surface area contributed by atoms with E-state index in [4.69, 9.17) is 86.8 Å². The van der Waals surface area contributed by atoms with Gasteiger partial charge in [-0.25, -0.2) is 0 Å². The summed E-state index contributed by atoms with van der Waals surface area (Å²) in [4.78, 5) is 65.6. The minimum Gasteiger partial charge on any atom is -0.426 e. The molecule has 0 unspecified atom stereocenters. The zero-order valence-electron chi connectivity index (χ0n) is 75.7. The first-order valence-electron chi connectivity index (χ1n) is 46.2. The first-order valence-corrected chi connectivity index (χ1v) is 48.2. The van der Waals surface area contributed by atoms with E-state index >= 15 is 0 Å². The average Bonchev–Trinajstić information content (AvgIpc) is 0.854. The van der Waals surface area contributed by atoms with Crippen LogP contribution >= 0.6 is 63.1 Å². The minimum absolute atomic E-state index is 0. The Bertz CT molecular complexity index is 4170. The number of carbonyl (C=O) groups is 5. The number of ether oxygens (including phenoxy) is 5. The van der Waals surface area contributed by atoms with E-state index in [0.717, 1.165) is 185 Å². The van der Waals surface area contributed by atoms with E-state index in [0.29, 0.717) is 58.3 Å². The maximum atomic E-state index is 12.4. The quantitative estimate of drug-likeness (QED) is 0.0309. The summed E-state index contributed by atoms with van der Waals surface area (Å²) >= 11 is 25.3. The molecule has 0 spiro atoms. The Kier molecular flexibility index (Phi) is 48.3. The van der Waals surface area contributed by atoms with Crippen LogP contribution in [0.25, 0.3) is 0 Å².